The van der Waals surface area contributed by atoms with Crippen LogP contribution in [0.25, 0.3) is 0 Å². The second kappa shape index (κ2) is 7.13. The zero-order valence-electron chi connectivity index (χ0n) is 10.9. The van der Waals surface area contributed by atoms with Crippen LogP contribution in [0.5, 0.6) is 0 Å². The van der Waals surface area contributed by atoms with E-state index in [0.717, 1.165) is 18.7 Å². The number of hydrogen-bond donors (Lipinski definition) is 3. The molecule has 0 radical (unpaired) electrons. The predicted molar refractivity (Wildman–Crippen MR) is 79.1 cm³/mol. The molecular formula is C13H17Cl2N3O2. The van der Waals surface area contributed by atoms with Gasteiger partial charge in [0.15, 0.2) is 0 Å². The van der Waals surface area contributed by atoms with Gasteiger partial charge in [0.1, 0.15) is 0 Å². The maximum Gasteiger partial charge on any atom is 0.312 e. The Morgan fingerprint density at radius 2 is 2.25 bits per heavy atom. The van der Waals surface area contributed by atoms with E-state index < -0.39 is 6.03 Å². The summed E-state index contributed by atoms with van der Waals surface area (Å²) in [6.45, 7) is 2.53. The summed E-state index contributed by atoms with van der Waals surface area (Å²) in [4.78, 5) is 10.9. The molecule has 7 heteroatoms. The molecule has 110 valence electrons. The van der Waals surface area contributed by atoms with Crippen LogP contribution in [-0.4, -0.2) is 32.3 Å². The summed E-state index contributed by atoms with van der Waals surface area (Å²) in [6.07, 6.45) is -0.161. The van der Waals surface area contributed by atoms with Crippen molar-refractivity contribution in [2.24, 2.45) is 11.7 Å². The van der Waals surface area contributed by atoms with Crippen molar-refractivity contribution in [3.05, 3.63) is 33.8 Å². The van der Waals surface area contributed by atoms with E-state index in [0.29, 0.717) is 23.2 Å². The molecular weight excluding hydrogens is 301 g/mol. The van der Waals surface area contributed by atoms with Crippen molar-refractivity contribution < 1.29 is 9.53 Å². The number of ether oxygens (including phenoxy) is 1. The summed E-state index contributed by atoms with van der Waals surface area (Å²) in [7, 11) is 0. The van der Waals surface area contributed by atoms with Gasteiger partial charge in [-0.3, -0.25) is 0 Å². The Labute approximate surface area is 127 Å². The van der Waals surface area contributed by atoms with Gasteiger partial charge in [0.05, 0.1) is 22.8 Å². The third-order valence-corrected chi connectivity index (χ3v) is 3.96. The first kappa shape index (κ1) is 15.4. The Balaban J connectivity index is 2.18. The summed E-state index contributed by atoms with van der Waals surface area (Å²) in [5, 5.41) is 6.90. The molecule has 20 heavy (non-hydrogen) atoms. The SMILES string of the molecule is NC(=O)NCC1CNCCO[C@@H]1c1ccc(Cl)c(Cl)c1. The number of rotatable bonds is 3. The lowest BCUT2D eigenvalue weighted by atomic mass is 9.95. The number of carbonyl (C=O) groups is 1. The van der Waals surface area contributed by atoms with Gasteiger partial charge in [-0.15, -0.1) is 0 Å². The molecule has 0 bridgehead atoms. The van der Waals surface area contributed by atoms with Crippen molar-refractivity contribution in [2.45, 2.75) is 6.10 Å². The highest BCUT2D eigenvalue weighted by Gasteiger charge is 2.26. The number of nitrogens with one attached hydrogen (secondary N) is 2. The topological polar surface area (TPSA) is 76.4 Å². The van der Waals surface area contributed by atoms with Gasteiger partial charge in [-0.25, -0.2) is 4.79 Å². The highest BCUT2D eigenvalue weighted by Crippen LogP contribution is 2.31. The normalized spacial score (nSPS) is 23.1. The van der Waals surface area contributed by atoms with E-state index in [1.165, 1.54) is 0 Å². The van der Waals surface area contributed by atoms with Crippen molar-refractivity contribution in [3.8, 4) is 0 Å². The van der Waals surface area contributed by atoms with Crippen LogP contribution in [-0.2, 0) is 4.74 Å². The van der Waals surface area contributed by atoms with E-state index in [-0.39, 0.29) is 12.0 Å². The molecule has 0 aliphatic carbocycles. The van der Waals surface area contributed by atoms with Crippen LogP contribution in [0.2, 0.25) is 10.0 Å². The molecule has 0 aromatic heterocycles. The highest BCUT2D eigenvalue weighted by atomic mass is 35.5. The van der Waals surface area contributed by atoms with E-state index in [9.17, 15) is 4.79 Å². The van der Waals surface area contributed by atoms with Crippen molar-refractivity contribution in [1.82, 2.24) is 10.6 Å². The van der Waals surface area contributed by atoms with Gasteiger partial charge in [-0.05, 0) is 17.7 Å². The van der Waals surface area contributed by atoms with Gasteiger partial charge in [-0.2, -0.15) is 0 Å². The number of carbonyl (C=O) groups excluding carboxylic acids is 1. The third-order valence-electron chi connectivity index (χ3n) is 3.22. The second-order valence-corrected chi connectivity index (χ2v) is 5.49. The Kier molecular flexibility index (Phi) is 5.48. The van der Waals surface area contributed by atoms with Crippen LogP contribution >= 0.6 is 23.2 Å². The van der Waals surface area contributed by atoms with E-state index in [2.05, 4.69) is 10.6 Å². The van der Waals surface area contributed by atoms with Crippen molar-refractivity contribution in [1.29, 1.82) is 0 Å². The summed E-state index contributed by atoms with van der Waals surface area (Å²) >= 11 is 12.0. The monoisotopic (exact) mass is 317 g/mol. The van der Waals surface area contributed by atoms with Gasteiger partial charge >= 0.3 is 6.03 Å². The van der Waals surface area contributed by atoms with Gasteiger partial charge in [-0.1, -0.05) is 29.3 Å². The zero-order valence-corrected chi connectivity index (χ0v) is 12.4. The second-order valence-electron chi connectivity index (χ2n) is 4.67. The molecule has 1 aliphatic rings. The quantitative estimate of drug-likeness (QED) is 0.797. The maximum absolute atomic E-state index is 10.9. The number of hydrogen-bond acceptors (Lipinski definition) is 3. The van der Waals surface area contributed by atoms with E-state index >= 15 is 0 Å². The molecule has 1 heterocycles. The standard InChI is InChI=1S/C13H17Cl2N3O2/c14-10-2-1-8(5-11(10)15)12-9(7-18-13(16)19)6-17-3-4-20-12/h1-2,5,9,12,17H,3-4,6-7H2,(H3,16,18,19)/t9?,12-/m1/s1. The summed E-state index contributed by atoms with van der Waals surface area (Å²) in [6, 6.07) is 4.90. The van der Waals surface area contributed by atoms with Gasteiger partial charge in [0.2, 0.25) is 0 Å². The average Bonchev–Trinajstić information content (AvgIpc) is 2.65. The predicted octanol–water partition coefficient (Wildman–Crippen LogP) is 1.94. The number of urea groups is 1. The molecule has 1 aromatic carbocycles. The minimum absolute atomic E-state index is 0.0715. The summed E-state index contributed by atoms with van der Waals surface area (Å²) in [5.74, 6) is 0.0715. The highest BCUT2D eigenvalue weighted by molar-refractivity contribution is 6.42. The molecule has 0 spiro atoms. The maximum atomic E-state index is 10.9. The summed E-state index contributed by atoms with van der Waals surface area (Å²) in [5.41, 5.74) is 6.07. The fourth-order valence-electron chi connectivity index (χ4n) is 2.26. The van der Waals surface area contributed by atoms with Gasteiger partial charge in [0.25, 0.3) is 0 Å². The lowest BCUT2D eigenvalue weighted by molar-refractivity contribution is 0.0316. The Morgan fingerprint density at radius 1 is 1.45 bits per heavy atom. The molecule has 4 N–H and O–H groups in total. The van der Waals surface area contributed by atoms with Crippen LogP contribution in [0.15, 0.2) is 18.2 Å². The van der Waals surface area contributed by atoms with Crippen LogP contribution in [0.3, 0.4) is 0 Å². The van der Waals surface area contributed by atoms with Crippen LogP contribution in [0.4, 0.5) is 4.79 Å². The molecule has 1 unspecified atom stereocenters. The minimum Gasteiger partial charge on any atom is -0.372 e. The molecule has 1 fully saturated rings. The van der Waals surface area contributed by atoms with Crippen molar-refractivity contribution >= 4 is 29.2 Å². The molecule has 0 saturated carbocycles. The van der Waals surface area contributed by atoms with Crippen molar-refractivity contribution in [2.75, 3.05) is 26.2 Å². The number of halogens is 2. The zero-order chi connectivity index (χ0) is 14.5. The molecule has 2 amide bonds. The van der Waals surface area contributed by atoms with Crippen LogP contribution < -0.4 is 16.4 Å². The first-order chi connectivity index (χ1) is 9.58. The number of nitrogens with two attached hydrogens (primary N) is 1. The van der Waals surface area contributed by atoms with Crippen molar-refractivity contribution in [3.63, 3.8) is 0 Å². The van der Waals surface area contributed by atoms with E-state index in [4.69, 9.17) is 33.7 Å². The number of benzene rings is 1. The first-order valence-corrected chi connectivity index (χ1v) is 7.14. The van der Waals surface area contributed by atoms with Crippen LogP contribution in [0.1, 0.15) is 11.7 Å². The van der Waals surface area contributed by atoms with E-state index in [1.807, 2.05) is 6.07 Å². The Hall–Kier alpha value is -1.01. The average molecular weight is 318 g/mol. The fourth-order valence-corrected chi connectivity index (χ4v) is 2.56. The van der Waals surface area contributed by atoms with Gasteiger partial charge < -0.3 is 21.1 Å². The van der Waals surface area contributed by atoms with Gasteiger partial charge in [0, 0.05) is 25.6 Å². The molecule has 1 aliphatic heterocycles. The fraction of sp³-hybridized carbons (Fsp3) is 0.462. The minimum atomic E-state index is -0.540. The lowest BCUT2D eigenvalue weighted by Crippen LogP contribution is -2.38. The number of primary amides is 1. The Morgan fingerprint density at radius 3 is 2.95 bits per heavy atom. The molecule has 2 rings (SSSR count). The largest absolute Gasteiger partial charge is 0.372 e. The molecule has 1 saturated heterocycles. The summed E-state index contributed by atoms with van der Waals surface area (Å²) < 4.78 is 5.87. The third kappa shape index (κ3) is 3.99. The first-order valence-electron chi connectivity index (χ1n) is 6.38. The molecule has 5 nitrogen and oxygen atoms in total. The number of amides is 2. The van der Waals surface area contributed by atoms with E-state index in [1.54, 1.807) is 12.1 Å². The lowest BCUT2D eigenvalue weighted by Gasteiger charge is -2.25. The van der Waals surface area contributed by atoms with Crippen LogP contribution in [0, 0.1) is 5.92 Å². The Bertz CT molecular complexity index is 485. The smallest absolute Gasteiger partial charge is 0.312 e. The molecule has 1 aromatic rings. The molecule has 2 atom stereocenters.